The van der Waals surface area contributed by atoms with Crippen molar-refractivity contribution >= 4 is 17.5 Å². The van der Waals surface area contributed by atoms with Gasteiger partial charge in [-0.3, -0.25) is 4.79 Å². The van der Waals surface area contributed by atoms with Gasteiger partial charge in [0.05, 0.1) is 6.54 Å². The summed E-state index contributed by atoms with van der Waals surface area (Å²) in [5, 5.41) is 5.86. The van der Waals surface area contributed by atoms with Crippen molar-refractivity contribution in [1.82, 2.24) is 15.3 Å². The van der Waals surface area contributed by atoms with E-state index in [0.717, 1.165) is 23.7 Å². The van der Waals surface area contributed by atoms with Gasteiger partial charge in [0.15, 0.2) is 0 Å². The first-order chi connectivity index (χ1) is 9.03. The standard InChI is InChI=1S/C13H23N5O/c1-6-15-11(19)8-18(7-2)13-9(3)12(14-5)16-10(4)17-13/h6-8H2,1-5H3,(H,15,19)(H,14,16,17). The molecule has 0 unspecified atom stereocenters. The smallest absolute Gasteiger partial charge is 0.239 e. The molecule has 0 radical (unpaired) electrons. The van der Waals surface area contributed by atoms with Gasteiger partial charge in [0.1, 0.15) is 17.5 Å². The lowest BCUT2D eigenvalue weighted by atomic mass is 10.2. The highest BCUT2D eigenvalue weighted by Gasteiger charge is 2.16. The molecule has 0 bridgehead atoms. The van der Waals surface area contributed by atoms with E-state index < -0.39 is 0 Å². The molecule has 0 aliphatic carbocycles. The number of likely N-dealkylation sites (N-methyl/N-ethyl adjacent to an activating group) is 2. The Morgan fingerprint density at radius 3 is 2.47 bits per heavy atom. The number of carbonyl (C=O) groups excluding carboxylic acids is 1. The summed E-state index contributed by atoms with van der Waals surface area (Å²) in [6, 6.07) is 0. The van der Waals surface area contributed by atoms with Crippen molar-refractivity contribution in [3.63, 3.8) is 0 Å². The number of hydrogen-bond acceptors (Lipinski definition) is 5. The van der Waals surface area contributed by atoms with Crippen molar-refractivity contribution in [2.24, 2.45) is 0 Å². The summed E-state index contributed by atoms with van der Waals surface area (Å²) in [6.45, 7) is 9.40. The fraction of sp³-hybridized carbons (Fsp3) is 0.615. The summed E-state index contributed by atoms with van der Waals surface area (Å²) < 4.78 is 0. The summed E-state index contributed by atoms with van der Waals surface area (Å²) in [5.41, 5.74) is 0.958. The van der Waals surface area contributed by atoms with E-state index in [2.05, 4.69) is 20.6 Å². The molecule has 6 nitrogen and oxygen atoms in total. The van der Waals surface area contributed by atoms with Gasteiger partial charge in [0.2, 0.25) is 5.91 Å². The Hall–Kier alpha value is -1.85. The summed E-state index contributed by atoms with van der Waals surface area (Å²) in [4.78, 5) is 22.5. The lowest BCUT2D eigenvalue weighted by molar-refractivity contribution is -0.119. The van der Waals surface area contributed by atoms with Crippen LogP contribution in [0.15, 0.2) is 0 Å². The molecule has 0 fully saturated rings. The van der Waals surface area contributed by atoms with Gasteiger partial charge < -0.3 is 15.5 Å². The van der Waals surface area contributed by atoms with Crippen LogP contribution in [0.2, 0.25) is 0 Å². The fourth-order valence-electron chi connectivity index (χ4n) is 1.93. The topological polar surface area (TPSA) is 70.2 Å². The number of amides is 1. The molecule has 0 aliphatic rings. The molecule has 19 heavy (non-hydrogen) atoms. The predicted molar refractivity (Wildman–Crippen MR) is 77.6 cm³/mol. The van der Waals surface area contributed by atoms with E-state index >= 15 is 0 Å². The number of aromatic nitrogens is 2. The Morgan fingerprint density at radius 2 is 1.95 bits per heavy atom. The van der Waals surface area contributed by atoms with Gasteiger partial charge in [0.25, 0.3) is 0 Å². The molecular formula is C13H23N5O. The molecule has 1 aromatic rings. The molecule has 6 heteroatoms. The molecule has 0 saturated carbocycles. The maximum absolute atomic E-state index is 11.7. The third-order valence-corrected chi connectivity index (χ3v) is 2.86. The molecule has 0 saturated heterocycles. The van der Waals surface area contributed by atoms with Crippen LogP contribution in [0.3, 0.4) is 0 Å². The highest BCUT2D eigenvalue weighted by atomic mass is 16.2. The van der Waals surface area contributed by atoms with Crippen LogP contribution < -0.4 is 15.5 Å². The number of carbonyl (C=O) groups is 1. The number of nitrogens with zero attached hydrogens (tertiary/aromatic N) is 3. The Balaban J connectivity index is 3.04. The number of anilines is 2. The SMILES string of the molecule is CCNC(=O)CN(CC)c1nc(C)nc(NC)c1C. The second-order valence-electron chi connectivity index (χ2n) is 4.29. The summed E-state index contributed by atoms with van der Waals surface area (Å²) in [7, 11) is 1.83. The Labute approximate surface area is 114 Å². The van der Waals surface area contributed by atoms with Crippen LogP contribution in [0, 0.1) is 13.8 Å². The maximum atomic E-state index is 11.7. The van der Waals surface area contributed by atoms with Crippen LogP contribution in [0.5, 0.6) is 0 Å². The molecule has 1 rings (SSSR count). The summed E-state index contributed by atoms with van der Waals surface area (Å²) >= 11 is 0. The van der Waals surface area contributed by atoms with Crippen molar-refractivity contribution in [3.8, 4) is 0 Å². The zero-order valence-electron chi connectivity index (χ0n) is 12.4. The Kier molecular flexibility index (Phi) is 5.54. The molecule has 1 heterocycles. The fourth-order valence-corrected chi connectivity index (χ4v) is 1.93. The van der Waals surface area contributed by atoms with Gasteiger partial charge in [0, 0.05) is 25.7 Å². The largest absolute Gasteiger partial charge is 0.373 e. The lowest BCUT2D eigenvalue weighted by Gasteiger charge is -2.24. The normalized spacial score (nSPS) is 10.2. The third-order valence-electron chi connectivity index (χ3n) is 2.86. The van der Waals surface area contributed by atoms with Gasteiger partial charge in [-0.25, -0.2) is 9.97 Å². The van der Waals surface area contributed by atoms with Crippen LogP contribution in [0.1, 0.15) is 25.2 Å². The van der Waals surface area contributed by atoms with Crippen molar-refractivity contribution in [2.45, 2.75) is 27.7 Å². The number of nitrogens with one attached hydrogen (secondary N) is 2. The van der Waals surface area contributed by atoms with Crippen molar-refractivity contribution < 1.29 is 4.79 Å². The molecule has 106 valence electrons. The van der Waals surface area contributed by atoms with Crippen LogP contribution in [-0.2, 0) is 4.79 Å². The molecule has 2 N–H and O–H groups in total. The van der Waals surface area contributed by atoms with E-state index in [1.807, 2.05) is 39.6 Å². The number of hydrogen-bond donors (Lipinski definition) is 2. The molecule has 1 aromatic heterocycles. The second kappa shape index (κ2) is 6.92. The van der Waals surface area contributed by atoms with Crippen LogP contribution in [0.25, 0.3) is 0 Å². The first-order valence-electron chi connectivity index (χ1n) is 6.58. The summed E-state index contributed by atoms with van der Waals surface area (Å²) in [6.07, 6.45) is 0. The van der Waals surface area contributed by atoms with E-state index in [1.165, 1.54) is 0 Å². The molecule has 0 atom stereocenters. The van der Waals surface area contributed by atoms with Crippen molar-refractivity contribution in [2.75, 3.05) is 36.9 Å². The minimum atomic E-state index is 0.00558. The van der Waals surface area contributed by atoms with E-state index in [0.29, 0.717) is 18.9 Å². The lowest BCUT2D eigenvalue weighted by Crippen LogP contribution is -2.38. The first kappa shape index (κ1) is 15.2. The zero-order chi connectivity index (χ0) is 14.4. The van der Waals surface area contributed by atoms with E-state index in [1.54, 1.807) is 0 Å². The van der Waals surface area contributed by atoms with E-state index in [-0.39, 0.29) is 5.91 Å². The average Bonchev–Trinajstić information content (AvgIpc) is 2.38. The van der Waals surface area contributed by atoms with Crippen LogP contribution in [-0.4, -0.2) is 42.6 Å². The average molecular weight is 265 g/mol. The third kappa shape index (κ3) is 3.81. The number of rotatable bonds is 6. The molecule has 1 amide bonds. The Morgan fingerprint density at radius 1 is 1.26 bits per heavy atom. The van der Waals surface area contributed by atoms with Crippen molar-refractivity contribution in [3.05, 3.63) is 11.4 Å². The monoisotopic (exact) mass is 265 g/mol. The van der Waals surface area contributed by atoms with Gasteiger partial charge in [-0.15, -0.1) is 0 Å². The quantitative estimate of drug-likeness (QED) is 0.806. The number of aryl methyl sites for hydroxylation is 1. The van der Waals surface area contributed by atoms with E-state index in [9.17, 15) is 4.79 Å². The Bertz CT molecular complexity index is 447. The van der Waals surface area contributed by atoms with E-state index in [4.69, 9.17) is 0 Å². The molecule has 0 aromatic carbocycles. The maximum Gasteiger partial charge on any atom is 0.239 e. The zero-order valence-corrected chi connectivity index (χ0v) is 12.4. The van der Waals surface area contributed by atoms with Gasteiger partial charge in [-0.1, -0.05) is 0 Å². The molecular weight excluding hydrogens is 242 g/mol. The highest BCUT2D eigenvalue weighted by molar-refractivity contribution is 5.81. The molecule has 0 spiro atoms. The van der Waals surface area contributed by atoms with Crippen LogP contribution >= 0.6 is 0 Å². The minimum Gasteiger partial charge on any atom is -0.373 e. The molecule has 0 aliphatic heterocycles. The summed E-state index contributed by atoms with van der Waals surface area (Å²) in [5.74, 6) is 2.31. The predicted octanol–water partition coefficient (Wildman–Crippen LogP) is 1.10. The second-order valence-corrected chi connectivity index (χ2v) is 4.29. The van der Waals surface area contributed by atoms with Crippen molar-refractivity contribution in [1.29, 1.82) is 0 Å². The van der Waals surface area contributed by atoms with Gasteiger partial charge in [-0.05, 0) is 27.7 Å². The first-order valence-corrected chi connectivity index (χ1v) is 6.58. The van der Waals surface area contributed by atoms with Gasteiger partial charge >= 0.3 is 0 Å². The minimum absolute atomic E-state index is 0.00558. The van der Waals surface area contributed by atoms with Gasteiger partial charge in [-0.2, -0.15) is 0 Å². The van der Waals surface area contributed by atoms with Crippen LogP contribution in [0.4, 0.5) is 11.6 Å². The highest BCUT2D eigenvalue weighted by Crippen LogP contribution is 2.22.